The summed E-state index contributed by atoms with van der Waals surface area (Å²) >= 11 is 1.28. The lowest BCUT2D eigenvalue weighted by molar-refractivity contribution is -0.113. The van der Waals surface area contributed by atoms with Crippen LogP contribution in [0.15, 0.2) is 71.8 Å². The Balaban J connectivity index is 1.50. The number of carbonyl (C=O) groups is 2. The summed E-state index contributed by atoms with van der Waals surface area (Å²) in [6, 6.07) is 19.9. The molecule has 27 heavy (non-hydrogen) atoms. The average molecular weight is 378 g/mol. The van der Waals surface area contributed by atoms with Gasteiger partial charge in [0, 0.05) is 11.3 Å². The standard InChI is InChI=1S/C20H18N4O2S/c1-14-6-5-9-16(12-14)21-18(25)13-27-19-11-10-17(23-24-19)22-20(26)15-7-3-2-4-8-15/h2-12H,13H2,1H3,(H,21,25)(H,22,23,26). The van der Waals surface area contributed by atoms with Crippen molar-refractivity contribution in [2.45, 2.75) is 11.9 Å². The van der Waals surface area contributed by atoms with Gasteiger partial charge in [0.25, 0.3) is 5.91 Å². The molecule has 0 aliphatic rings. The van der Waals surface area contributed by atoms with E-state index in [0.717, 1.165) is 11.3 Å². The number of aryl methyl sites for hydroxylation is 1. The molecule has 0 radical (unpaired) electrons. The molecule has 0 aliphatic heterocycles. The molecule has 6 nitrogen and oxygen atoms in total. The van der Waals surface area contributed by atoms with Crippen LogP contribution in [0, 0.1) is 6.92 Å². The van der Waals surface area contributed by atoms with Gasteiger partial charge in [-0.15, -0.1) is 10.2 Å². The first kappa shape index (κ1) is 18.6. The van der Waals surface area contributed by atoms with Crippen molar-refractivity contribution >= 4 is 35.1 Å². The van der Waals surface area contributed by atoms with Crippen molar-refractivity contribution < 1.29 is 9.59 Å². The lowest BCUT2D eigenvalue weighted by atomic mass is 10.2. The van der Waals surface area contributed by atoms with Crippen LogP contribution in [0.1, 0.15) is 15.9 Å². The minimum atomic E-state index is -0.247. The van der Waals surface area contributed by atoms with Gasteiger partial charge < -0.3 is 10.6 Å². The Labute approximate surface area is 161 Å². The van der Waals surface area contributed by atoms with E-state index >= 15 is 0 Å². The second-order valence-corrected chi connectivity index (χ2v) is 6.78. The molecule has 0 bridgehead atoms. The van der Waals surface area contributed by atoms with Crippen LogP contribution in [0.5, 0.6) is 0 Å². The van der Waals surface area contributed by atoms with Crippen molar-refractivity contribution in [3.63, 3.8) is 0 Å². The first-order valence-corrected chi connectivity index (χ1v) is 9.28. The lowest BCUT2D eigenvalue weighted by Gasteiger charge is -2.06. The topological polar surface area (TPSA) is 84.0 Å². The molecule has 0 aliphatic carbocycles. The zero-order valence-electron chi connectivity index (χ0n) is 14.7. The van der Waals surface area contributed by atoms with Crippen molar-refractivity contribution in [1.82, 2.24) is 10.2 Å². The average Bonchev–Trinajstić information content (AvgIpc) is 2.68. The highest BCUT2D eigenvalue weighted by Gasteiger charge is 2.08. The molecule has 2 aromatic carbocycles. The van der Waals surface area contributed by atoms with Crippen LogP contribution in [0.4, 0.5) is 11.5 Å². The van der Waals surface area contributed by atoms with Gasteiger partial charge in [-0.1, -0.05) is 42.1 Å². The van der Waals surface area contributed by atoms with E-state index in [9.17, 15) is 9.59 Å². The SMILES string of the molecule is Cc1cccc(NC(=O)CSc2ccc(NC(=O)c3ccccc3)nn2)c1. The number of anilines is 2. The van der Waals surface area contributed by atoms with Gasteiger partial charge in [-0.2, -0.15) is 0 Å². The van der Waals surface area contributed by atoms with Crippen LogP contribution < -0.4 is 10.6 Å². The number of benzene rings is 2. The number of hydrogen-bond acceptors (Lipinski definition) is 5. The van der Waals surface area contributed by atoms with E-state index in [-0.39, 0.29) is 17.6 Å². The zero-order valence-corrected chi connectivity index (χ0v) is 15.5. The van der Waals surface area contributed by atoms with Gasteiger partial charge in [0.2, 0.25) is 5.91 Å². The fourth-order valence-electron chi connectivity index (χ4n) is 2.30. The Morgan fingerprint density at radius 2 is 1.74 bits per heavy atom. The third-order valence-corrected chi connectivity index (χ3v) is 4.49. The van der Waals surface area contributed by atoms with Crippen molar-refractivity contribution in [1.29, 1.82) is 0 Å². The van der Waals surface area contributed by atoms with Gasteiger partial charge in [0.1, 0.15) is 5.03 Å². The molecule has 1 heterocycles. The summed E-state index contributed by atoms with van der Waals surface area (Å²) in [6.45, 7) is 1.97. The zero-order chi connectivity index (χ0) is 19.1. The smallest absolute Gasteiger partial charge is 0.256 e. The number of aromatic nitrogens is 2. The summed E-state index contributed by atoms with van der Waals surface area (Å²) in [5.74, 6) is 0.215. The van der Waals surface area contributed by atoms with Gasteiger partial charge in [0.05, 0.1) is 5.75 Å². The maximum Gasteiger partial charge on any atom is 0.256 e. The summed E-state index contributed by atoms with van der Waals surface area (Å²) in [5, 5.41) is 14.2. The van der Waals surface area contributed by atoms with Crippen molar-refractivity contribution in [2.24, 2.45) is 0 Å². The molecule has 3 aromatic rings. The molecule has 0 saturated heterocycles. The molecule has 2 amide bonds. The van der Waals surface area contributed by atoms with Crippen LogP contribution >= 0.6 is 11.8 Å². The predicted octanol–water partition coefficient (Wildman–Crippen LogP) is 3.77. The van der Waals surface area contributed by atoms with Gasteiger partial charge >= 0.3 is 0 Å². The molecule has 136 valence electrons. The van der Waals surface area contributed by atoms with Crippen molar-refractivity contribution in [3.8, 4) is 0 Å². The van der Waals surface area contributed by atoms with Crippen LogP contribution in [0.3, 0.4) is 0 Å². The Bertz CT molecular complexity index is 930. The van der Waals surface area contributed by atoms with Crippen molar-refractivity contribution in [2.75, 3.05) is 16.4 Å². The molecular formula is C20H18N4O2S. The molecule has 3 rings (SSSR count). The third-order valence-electron chi connectivity index (χ3n) is 3.57. The molecule has 0 saturated carbocycles. The van der Waals surface area contributed by atoms with E-state index in [1.54, 1.807) is 36.4 Å². The van der Waals surface area contributed by atoms with Gasteiger partial charge in [0.15, 0.2) is 5.82 Å². The molecule has 1 aromatic heterocycles. The fourth-order valence-corrected chi connectivity index (χ4v) is 2.92. The summed E-state index contributed by atoms with van der Waals surface area (Å²) in [5.41, 5.74) is 2.40. The molecule has 0 unspecified atom stereocenters. The van der Waals surface area contributed by atoms with Crippen LogP contribution in [0.2, 0.25) is 0 Å². The van der Waals surface area contributed by atoms with E-state index in [1.807, 2.05) is 37.3 Å². The van der Waals surface area contributed by atoms with E-state index in [0.29, 0.717) is 16.4 Å². The first-order valence-electron chi connectivity index (χ1n) is 8.29. The van der Waals surface area contributed by atoms with E-state index < -0.39 is 0 Å². The second-order valence-electron chi connectivity index (χ2n) is 5.78. The van der Waals surface area contributed by atoms with E-state index in [2.05, 4.69) is 20.8 Å². The number of thioether (sulfide) groups is 1. The second kappa shape index (κ2) is 8.95. The largest absolute Gasteiger partial charge is 0.325 e. The number of rotatable bonds is 6. The first-order chi connectivity index (χ1) is 13.1. The summed E-state index contributed by atoms with van der Waals surface area (Å²) in [7, 11) is 0. The van der Waals surface area contributed by atoms with Gasteiger partial charge in [-0.25, -0.2) is 0 Å². The monoisotopic (exact) mass is 378 g/mol. The highest BCUT2D eigenvalue weighted by Crippen LogP contribution is 2.17. The third kappa shape index (κ3) is 5.65. The van der Waals surface area contributed by atoms with Gasteiger partial charge in [-0.05, 0) is 48.9 Å². The number of hydrogen-bond donors (Lipinski definition) is 2. The van der Waals surface area contributed by atoms with Crippen LogP contribution in [0.25, 0.3) is 0 Å². The Kier molecular flexibility index (Phi) is 6.17. The predicted molar refractivity (Wildman–Crippen MR) is 107 cm³/mol. The Morgan fingerprint density at radius 3 is 2.44 bits per heavy atom. The minimum absolute atomic E-state index is 0.117. The number of nitrogens with zero attached hydrogens (tertiary/aromatic N) is 2. The highest BCUT2D eigenvalue weighted by atomic mass is 32.2. The quantitative estimate of drug-likeness (QED) is 0.638. The minimum Gasteiger partial charge on any atom is -0.325 e. The number of carbonyl (C=O) groups excluding carboxylic acids is 2. The number of nitrogens with one attached hydrogen (secondary N) is 2. The maximum atomic E-state index is 12.1. The molecule has 2 N–H and O–H groups in total. The van der Waals surface area contributed by atoms with E-state index in [1.165, 1.54) is 11.8 Å². The lowest BCUT2D eigenvalue weighted by Crippen LogP contribution is -2.14. The molecule has 7 heteroatoms. The molecule has 0 spiro atoms. The normalized spacial score (nSPS) is 10.3. The Hall–Kier alpha value is -3.19. The van der Waals surface area contributed by atoms with Gasteiger partial charge in [-0.3, -0.25) is 9.59 Å². The summed E-state index contributed by atoms with van der Waals surface area (Å²) in [4.78, 5) is 24.1. The molecule has 0 fully saturated rings. The van der Waals surface area contributed by atoms with E-state index in [4.69, 9.17) is 0 Å². The van der Waals surface area contributed by atoms with Crippen LogP contribution in [-0.4, -0.2) is 27.8 Å². The fraction of sp³-hybridized carbons (Fsp3) is 0.100. The number of amides is 2. The Morgan fingerprint density at radius 1 is 0.926 bits per heavy atom. The highest BCUT2D eigenvalue weighted by molar-refractivity contribution is 7.99. The van der Waals surface area contributed by atoms with Crippen molar-refractivity contribution in [3.05, 3.63) is 77.9 Å². The summed E-state index contributed by atoms with van der Waals surface area (Å²) in [6.07, 6.45) is 0. The molecular weight excluding hydrogens is 360 g/mol. The molecule has 0 atom stereocenters. The van der Waals surface area contributed by atoms with Crippen LogP contribution in [-0.2, 0) is 4.79 Å². The summed E-state index contributed by atoms with van der Waals surface area (Å²) < 4.78 is 0. The maximum absolute atomic E-state index is 12.1.